The third kappa shape index (κ3) is 2.02. The molecule has 0 saturated heterocycles. The van der Waals surface area contributed by atoms with Gasteiger partial charge in [-0.25, -0.2) is 0 Å². The fraction of sp³-hybridized carbons (Fsp3) is 0.0833. The van der Waals surface area contributed by atoms with Gasteiger partial charge in [-0.05, 0) is 29.7 Å². The highest BCUT2D eigenvalue weighted by Crippen LogP contribution is 2.35. The molecule has 0 aliphatic heterocycles. The summed E-state index contributed by atoms with van der Waals surface area (Å²) in [4.78, 5) is 10.8. The van der Waals surface area contributed by atoms with Crippen LogP contribution in [-0.2, 0) is 4.79 Å². The van der Waals surface area contributed by atoms with Crippen LogP contribution in [0.1, 0.15) is 6.92 Å². The Hall–Kier alpha value is -1.55. The van der Waals surface area contributed by atoms with Crippen LogP contribution in [0.15, 0.2) is 34.8 Å². The first-order chi connectivity index (χ1) is 7.58. The van der Waals surface area contributed by atoms with Crippen molar-refractivity contribution in [2.75, 3.05) is 0 Å². The Balaban J connectivity index is 2.60. The molecule has 3 nitrogen and oxygen atoms in total. The molecule has 0 aliphatic rings. The molecule has 0 unspecified atom stereocenters. The number of carbonyl (C=O) groups is 1. The smallest absolute Gasteiger partial charge is 0.308 e. The minimum Gasteiger partial charge on any atom is -0.504 e. The van der Waals surface area contributed by atoms with Gasteiger partial charge in [-0.1, -0.05) is 22.0 Å². The van der Waals surface area contributed by atoms with Crippen molar-refractivity contribution in [1.82, 2.24) is 0 Å². The number of esters is 1. The van der Waals surface area contributed by atoms with Gasteiger partial charge < -0.3 is 9.84 Å². The van der Waals surface area contributed by atoms with Crippen LogP contribution in [0.25, 0.3) is 10.8 Å². The van der Waals surface area contributed by atoms with E-state index in [4.69, 9.17) is 4.74 Å². The zero-order valence-corrected chi connectivity index (χ0v) is 10.1. The Kier molecular flexibility index (Phi) is 2.83. The van der Waals surface area contributed by atoms with Crippen molar-refractivity contribution in [3.8, 4) is 11.5 Å². The minimum absolute atomic E-state index is 0.0137. The van der Waals surface area contributed by atoms with Crippen molar-refractivity contribution < 1.29 is 14.6 Å². The van der Waals surface area contributed by atoms with E-state index in [0.29, 0.717) is 5.39 Å². The summed E-state index contributed by atoms with van der Waals surface area (Å²) in [5.74, 6) is -0.283. The maximum Gasteiger partial charge on any atom is 0.308 e. The monoisotopic (exact) mass is 280 g/mol. The molecule has 0 aliphatic carbocycles. The van der Waals surface area contributed by atoms with E-state index in [1.54, 1.807) is 18.2 Å². The van der Waals surface area contributed by atoms with E-state index < -0.39 is 5.97 Å². The van der Waals surface area contributed by atoms with Gasteiger partial charge in [0, 0.05) is 16.8 Å². The van der Waals surface area contributed by atoms with Crippen molar-refractivity contribution >= 4 is 32.7 Å². The third-order valence-electron chi connectivity index (χ3n) is 2.17. The van der Waals surface area contributed by atoms with E-state index in [0.717, 1.165) is 9.86 Å². The standard InChI is InChI=1S/C12H9BrO3/c1-7(14)16-11-5-2-8-6-9(13)3-4-10(8)12(11)15/h2-6,15H,1H3. The van der Waals surface area contributed by atoms with Crippen LogP contribution in [0.5, 0.6) is 11.5 Å². The fourth-order valence-corrected chi connectivity index (χ4v) is 1.88. The van der Waals surface area contributed by atoms with E-state index in [1.165, 1.54) is 6.92 Å². The second-order valence-corrected chi connectivity index (χ2v) is 4.29. The van der Waals surface area contributed by atoms with E-state index >= 15 is 0 Å². The second kappa shape index (κ2) is 4.14. The summed E-state index contributed by atoms with van der Waals surface area (Å²) >= 11 is 3.35. The normalized spacial score (nSPS) is 10.4. The predicted molar refractivity (Wildman–Crippen MR) is 64.6 cm³/mol. The van der Waals surface area contributed by atoms with E-state index in [1.807, 2.05) is 12.1 Å². The molecular weight excluding hydrogens is 272 g/mol. The zero-order chi connectivity index (χ0) is 11.7. The van der Waals surface area contributed by atoms with Crippen LogP contribution in [0.3, 0.4) is 0 Å². The predicted octanol–water partition coefficient (Wildman–Crippen LogP) is 3.23. The molecule has 2 rings (SSSR count). The largest absolute Gasteiger partial charge is 0.504 e. The Labute approximate surface area is 101 Å². The van der Waals surface area contributed by atoms with Gasteiger partial charge >= 0.3 is 5.97 Å². The lowest BCUT2D eigenvalue weighted by Gasteiger charge is -2.07. The molecule has 0 saturated carbocycles. The van der Waals surface area contributed by atoms with E-state index in [9.17, 15) is 9.90 Å². The lowest BCUT2D eigenvalue weighted by Crippen LogP contribution is -2.01. The molecule has 0 heterocycles. The molecule has 0 radical (unpaired) electrons. The Morgan fingerprint density at radius 2 is 2.06 bits per heavy atom. The number of hydrogen-bond donors (Lipinski definition) is 1. The summed E-state index contributed by atoms with van der Waals surface area (Å²) in [5, 5.41) is 11.4. The Morgan fingerprint density at radius 1 is 1.31 bits per heavy atom. The zero-order valence-electron chi connectivity index (χ0n) is 8.53. The summed E-state index contributed by atoms with van der Waals surface area (Å²) < 4.78 is 5.81. The van der Waals surface area contributed by atoms with Crippen molar-refractivity contribution in [2.24, 2.45) is 0 Å². The van der Waals surface area contributed by atoms with Gasteiger partial charge in [0.15, 0.2) is 11.5 Å². The topological polar surface area (TPSA) is 46.5 Å². The fourth-order valence-electron chi connectivity index (χ4n) is 1.50. The highest BCUT2D eigenvalue weighted by Gasteiger charge is 2.09. The van der Waals surface area contributed by atoms with E-state index in [-0.39, 0.29) is 11.5 Å². The van der Waals surface area contributed by atoms with Gasteiger partial charge in [0.25, 0.3) is 0 Å². The molecule has 1 N–H and O–H groups in total. The number of phenols is 1. The molecule has 4 heteroatoms. The molecule has 2 aromatic carbocycles. The number of halogens is 1. The molecule has 16 heavy (non-hydrogen) atoms. The minimum atomic E-state index is -0.452. The second-order valence-electron chi connectivity index (χ2n) is 3.37. The van der Waals surface area contributed by atoms with Crippen LogP contribution in [0.2, 0.25) is 0 Å². The first-order valence-electron chi connectivity index (χ1n) is 4.67. The number of phenolic OH excluding ortho intramolecular Hbond substituents is 1. The highest BCUT2D eigenvalue weighted by atomic mass is 79.9. The molecular formula is C12H9BrO3. The molecule has 2 aromatic rings. The van der Waals surface area contributed by atoms with Crippen LogP contribution in [0, 0.1) is 0 Å². The SMILES string of the molecule is CC(=O)Oc1ccc2cc(Br)ccc2c1O. The Morgan fingerprint density at radius 3 is 2.75 bits per heavy atom. The van der Waals surface area contributed by atoms with Crippen LogP contribution in [0.4, 0.5) is 0 Å². The molecule has 0 fully saturated rings. The lowest BCUT2D eigenvalue weighted by atomic mass is 10.1. The molecule has 0 aromatic heterocycles. The van der Waals surface area contributed by atoms with Crippen LogP contribution in [-0.4, -0.2) is 11.1 Å². The van der Waals surface area contributed by atoms with Gasteiger partial charge in [-0.2, -0.15) is 0 Å². The van der Waals surface area contributed by atoms with Crippen LogP contribution >= 0.6 is 15.9 Å². The Bertz CT molecular complexity index is 563. The number of rotatable bonds is 1. The van der Waals surface area contributed by atoms with Gasteiger partial charge in [0.2, 0.25) is 0 Å². The first kappa shape index (κ1) is 11.0. The molecule has 0 bridgehead atoms. The number of benzene rings is 2. The number of carbonyl (C=O) groups excluding carboxylic acids is 1. The number of aromatic hydroxyl groups is 1. The van der Waals surface area contributed by atoms with Gasteiger partial charge in [-0.15, -0.1) is 0 Å². The summed E-state index contributed by atoms with van der Waals surface area (Å²) in [5.41, 5.74) is 0. The van der Waals surface area contributed by atoms with Gasteiger partial charge in [-0.3, -0.25) is 4.79 Å². The van der Waals surface area contributed by atoms with Crippen molar-refractivity contribution in [1.29, 1.82) is 0 Å². The van der Waals surface area contributed by atoms with Gasteiger partial charge in [0.05, 0.1) is 0 Å². The van der Waals surface area contributed by atoms with Crippen molar-refractivity contribution in [3.05, 3.63) is 34.8 Å². The summed E-state index contributed by atoms with van der Waals surface area (Å²) in [6.45, 7) is 1.30. The van der Waals surface area contributed by atoms with Crippen molar-refractivity contribution in [3.63, 3.8) is 0 Å². The summed E-state index contributed by atoms with van der Waals surface area (Å²) in [6, 6.07) is 8.83. The van der Waals surface area contributed by atoms with Crippen molar-refractivity contribution in [2.45, 2.75) is 6.92 Å². The first-order valence-corrected chi connectivity index (χ1v) is 5.47. The highest BCUT2D eigenvalue weighted by molar-refractivity contribution is 9.10. The number of ether oxygens (including phenoxy) is 1. The molecule has 0 amide bonds. The molecule has 0 atom stereocenters. The third-order valence-corrected chi connectivity index (χ3v) is 2.66. The maximum atomic E-state index is 10.8. The number of fused-ring (bicyclic) bond motifs is 1. The average Bonchev–Trinajstić information content (AvgIpc) is 2.22. The summed E-state index contributed by atoms with van der Waals surface area (Å²) in [6.07, 6.45) is 0. The number of hydrogen-bond acceptors (Lipinski definition) is 3. The lowest BCUT2D eigenvalue weighted by molar-refractivity contribution is -0.132. The van der Waals surface area contributed by atoms with E-state index in [2.05, 4.69) is 15.9 Å². The van der Waals surface area contributed by atoms with Crippen LogP contribution < -0.4 is 4.74 Å². The molecule has 0 spiro atoms. The molecule has 82 valence electrons. The van der Waals surface area contributed by atoms with Gasteiger partial charge in [0.1, 0.15) is 0 Å². The quantitative estimate of drug-likeness (QED) is 0.644. The maximum absolute atomic E-state index is 10.8. The summed E-state index contributed by atoms with van der Waals surface area (Å²) in [7, 11) is 0. The average molecular weight is 281 g/mol.